The van der Waals surface area contributed by atoms with Crippen LogP contribution in [0.4, 0.5) is 0 Å². The molecule has 0 fully saturated rings. The zero-order valence-corrected chi connectivity index (χ0v) is 12.6. The monoisotopic (exact) mass is 373 g/mol. The van der Waals surface area contributed by atoms with E-state index in [0.717, 1.165) is 4.47 Å². The van der Waals surface area contributed by atoms with Crippen molar-refractivity contribution in [2.24, 2.45) is 0 Å². The SMILES string of the molecule is O=C(c1c[nH]c2c(Cl)cc(Br)cc12)C(Cl)(Cl)Cl. The van der Waals surface area contributed by atoms with Crippen molar-refractivity contribution in [2.75, 3.05) is 0 Å². The van der Waals surface area contributed by atoms with Gasteiger partial charge in [0.05, 0.1) is 10.5 Å². The number of aromatic nitrogens is 1. The van der Waals surface area contributed by atoms with Crippen molar-refractivity contribution in [3.63, 3.8) is 0 Å². The van der Waals surface area contributed by atoms with E-state index in [0.29, 0.717) is 21.5 Å². The molecule has 0 amide bonds. The number of hydrogen-bond acceptors (Lipinski definition) is 1. The minimum absolute atomic E-state index is 0.295. The van der Waals surface area contributed by atoms with Crippen LogP contribution in [0, 0.1) is 0 Å². The number of aromatic amines is 1. The Balaban J connectivity index is 2.69. The zero-order valence-electron chi connectivity index (χ0n) is 8.03. The van der Waals surface area contributed by atoms with Crippen LogP contribution < -0.4 is 0 Å². The Labute approximate surface area is 125 Å². The molecule has 0 aliphatic rings. The van der Waals surface area contributed by atoms with Gasteiger partial charge in [-0.15, -0.1) is 0 Å². The van der Waals surface area contributed by atoms with E-state index in [1.165, 1.54) is 6.20 Å². The van der Waals surface area contributed by atoms with Gasteiger partial charge in [0, 0.05) is 21.6 Å². The molecule has 1 N–H and O–H groups in total. The predicted octanol–water partition coefficient (Wildman–Crippen LogP) is 5.14. The van der Waals surface area contributed by atoms with Gasteiger partial charge in [-0.3, -0.25) is 4.79 Å². The Kier molecular flexibility index (Phi) is 3.68. The van der Waals surface area contributed by atoms with Crippen LogP contribution in [0.5, 0.6) is 0 Å². The van der Waals surface area contributed by atoms with Gasteiger partial charge in [-0.25, -0.2) is 0 Å². The number of Topliss-reactive ketones (excluding diaryl/α,β-unsaturated/α-hetero) is 1. The van der Waals surface area contributed by atoms with Gasteiger partial charge in [0.15, 0.2) is 0 Å². The van der Waals surface area contributed by atoms with Crippen molar-refractivity contribution >= 4 is 79.0 Å². The maximum absolute atomic E-state index is 11.9. The average molecular weight is 376 g/mol. The number of halogens is 5. The topological polar surface area (TPSA) is 32.9 Å². The molecular formula is C10H4BrCl4NO. The summed E-state index contributed by atoms with van der Waals surface area (Å²) in [6, 6.07) is 3.45. The first kappa shape index (κ1) is 13.5. The second kappa shape index (κ2) is 4.63. The van der Waals surface area contributed by atoms with Gasteiger partial charge >= 0.3 is 0 Å². The lowest BCUT2D eigenvalue weighted by Gasteiger charge is -2.08. The van der Waals surface area contributed by atoms with Crippen LogP contribution in [0.3, 0.4) is 0 Å². The summed E-state index contributed by atoms with van der Waals surface area (Å²) >= 11 is 26.0. The lowest BCUT2D eigenvalue weighted by molar-refractivity contribution is 0.0998. The highest BCUT2D eigenvalue weighted by molar-refractivity contribution is 9.10. The summed E-state index contributed by atoms with van der Waals surface area (Å²) in [5.41, 5.74) is 0.927. The highest BCUT2D eigenvalue weighted by atomic mass is 79.9. The number of rotatable bonds is 1. The number of alkyl halides is 3. The number of nitrogens with one attached hydrogen (secondary N) is 1. The van der Waals surface area contributed by atoms with E-state index in [4.69, 9.17) is 46.4 Å². The lowest BCUT2D eigenvalue weighted by atomic mass is 10.1. The van der Waals surface area contributed by atoms with Crippen molar-refractivity contribution < 1.29 is 4.79 Å². The van der Waals surface area contributed by atoms with Crippen LogP contribution >= 0.6 is 62.3 Å². The number of fused-ring (bicyclic) bond motifs is 1. The first-order valence-electron chi connectivity index (χ1n) is 4.38. The number of carbonyl (C=O) groups is 1. The van der Waals surface area contributed by atoms with Crippen LogP contribution in [0.1, 0.15) is 10.4 Å². The lowest BCUT2D eigenvalue weighted by Crippen LogP contribution is -2.18. The number of carbonyl (C=O) groups excluding carboxylic acids is 1. The fraction of sp³-hybridized carbons (Fsp3) is 0.100. The summed E-state index contributed by atoms with van der Waals surface area (Å²) in [4.78, 5) is 14.8. The normalized spacial score (nSPS) is 12.1. The Morgan fingerprint density at radius 3 is 2.53 bits per heavy atom. The molecular weight excluding hydrogens is 372 g/mol. The molecule has 0 radical (unpaired) electrons. The van der Waals surface area contributed by atoms with Crippen LogP contribution in [0.15, 0.2) is 22.8 Å². The average Bonchev–Trinajstić information content (AvgIpc) is 2.58. The van der Waals surface area contributed by atoms with E-state index < -0.39 is 9.58 Å². The molecule has 90 valence electrons. The summed E-state index contributed by atoms with van der Waals surface area (Å²) in [6.07, 6.45) is 1.48. The molecule has 1 aromatic carbocycles. The standard InChI is InChI=1S/C10H4BrCl4NO/c11-4-1-5-6(9(17)10(13,14)15)3-16-8(5)7(12)2-4/h1-3,16H. The second-order valence-corrected chi connectivity index (χ2v) is 6.94. The zero-order chi connectivity index (χ0) is 12.8. The molecule has 0 unspecified atom stereocenters. The van der Waals surface area contributed by atoms with E-state index >= 15 is 0 Å². The third-order valence-electron chi connectivity index (χ3n) is 2.21. The van der Waals surface area contributed by atoms with Gasteiger partial charge in [0.25, 0.3) is 3.79 Å². The molecule has 17 heavy (non-hydrogen) atoms. The van der Waals surface area contributed by atoms with Crippen LogP contribution in [-0.2, 0) is 0 Å². The fourth-order valence-corrected chi connectivity index (χ4v) is 2.66. The fourth-order valence-electron chi connectivity index (χ4n) is 1.50. The molecule has 0 spiro atoms. The van der Waals surface area contributed by atoms with Gasteiger partial charge in [-0.2, -0.15) is 0 Å². The van der Waals surface area contributed by atoms with Gasteiger partial charge in [0.2, 0.25) is 5.78 Å². The summed E-state index contributed by atoms with van der Waals surface area (Å²) in [7, 11) is 0. The molecule has 0 bridgehead atoms. The summed E-state index contributed by atoms with van der Waals surface area (Å²) in [5, 5.41) is 1.10. The van der Waals surface area contributed by atoms with E-state index in [1.807, 2.05) is 0 Å². The van der Waals surface area contributed by atoms with E-state index in [2.05, 4.69) is 20.9 Å². The van der Waals surface area contributed by atoms with Crippen molar-refractivity contribution in [1.29, 1.82) is 0 Å². The molecule has 0 saturated carbocycles. The predicted molar refractivity (Wildman–Crippen MR) is 75.6 cm³/mol. The van der Waals surface area contributed by atoms with Crippen molar-refractivity contribution in [3.8, 4) is 0 Å². The minimum atomic E-state index is -1.98. The number of hydrogen-bond donors (Lipinski definition) is 1. The molecule has 1 aromatic heterocycles. The third-order valence-corrected chi connectivity index (χ3v) is 3.48. The number of H-pyrrole nitrogens is 1. The third kappa shape index (κ3) is 2.59. The number of ketones is 1. The molecule has 7 heteroatoms. The second-order valence-electron chi connectivity index (χ2n) is 3.34. The van der Waals surface area contributed by atoms with Gasteiger partial charge < -0.3 is 4.98 Å². The quantitative estimate of drug-likeness (QED) is 0.543. The highest BCUT2D eigenvalue weighted by Crippen LogP contribution is 2.35. The van der Waals surface area contributed by atoms with Crippen molar-refractivity contribution in [1.82, 2.24) is 4.98 Å². The Morgan fingerprint density at radius 1 is 1.29 bits per heavy atom. The van der Waals surface area contributed by atoms with Gasteiger partial charge in [-0.1, -0.05) is 62.3 Å². The molecule has 0 saturated heterocycles. The Bertz CT molecular complexity index is 602. The molecule has 2 rings (SSSR count). The molecule has 2 aromatic rings. The Morgan fingerprint density at radius 2 is 1.94 bits per heavy atom. The summed E-state index contributed by atoms with van der Waals surface area (Å²) < 4.78 is -1.24. The maximum Gasteiger partial charge on any atom is 0.253 e. The van der Waals surface area contributed by atoms with Crippen molar-refractivity contribution in [2.45, 2.75) is 3.79 Å². The van der Waals surface area contributed by atoms with Crippen LogP contribution in [0.2, 0.25) is 5.02 Å². The van der Waals surface area contributed by atoms with E-state index in [9.17, 15) is 4.79 Å². The largest absolute Gasteiger partial charge is 0.359 e. The van der Waals surface area contributed by atoms with Gasteiger partial charge in [0.1, 0.15) is 0 Å². The van der Waals surface area contributed by atoms with Crippen LogP contribution in [-0.4, -0.2) is 14.6 Å². The molecule has 0 aliphatic heterocycles. The van der Waals surface area contributed by atoms with Crippen LogP contribution in [0.25, 0.3) is 10.9 Å². The smallest absolute Gasteiger partial charge is 0.253 e. The first-order valence-corrected chi connectivity index (χ1v) is 6.69. The molecule has 0 atom stereocenters. The van der Waals surface area contributed by atoms with Gasteiger partial charge in [-0.05, 0) is 12.1 Å². The maximum atomic E-state index is 11.9. The van der Waals surface area contributed by atoms with E-state index in [-0.39, 0.29) is 0 Å². The highest BCUT2D eigenvalue weighted by Gasteiger charge is 2.33. The summed E-state index contributed by atoms with van der Waals surface area (Å²) in [5.74, 6) is -0.595. The minimum Gasteiger partial charge on any atom is -0.359 e. The Hall–Kier alpha value is 0.0700. The number of benzene rings is 1. The first-order chi connectivity index (χ1) is 7.80. The van der Waals surface area contributed by atoms with Crippen molar-refractivity contribution in [3.05, 3.63) is 33.4 Å². The molecule has 0 aliphatic carbocycles. The molecule has 2 nitrogen and oxygen atoms in total. The molecule has 1 heterocycles. The summed E-state index contributed by atoms with van der Waals surface area (Å²) in [6.45, 7) is 0. The van der Waals surface area contributed by atoms with E-state index in [1.54, 1.807) is 12.1 Å².